The Morgan fingerprint density at radius 1 is 1.23 bits per heavy atom. The summed E-state index contributed by atoms with van der Waals surface area (Å²) in [5.41, 5.74) is 0.159. The fraction of sp³-hybridized carbons (Fsp3) is 0.111. The summed E-state index contributed by atoms with van der Waals surface area (Å²) in [6, 6.07) is 13.0. The minimum Gasteiger partial charge on any atom is -0.507 e. The number of aromatic hydroxyl groups is 1. The predicted molar refractivity (Wildman–Crippen MR) is 92.2 cm³/mol. The molecule has 0 saturated carbocycles. The number of nitrogens with zero attached hydrogens (tertiary/aromatic N) is 2. The molecule has 0 aliphatic rings. The second-order valence-corrected chi connectivity index (χ2v) is 5.39. The molecule has 1 N–H and O–H groups in total. The van der Waals surface area contributed by atoms with E-state index < -0.39 is 10.9 Å². The summed E-state index contributed by atoms with van der Waals surface area (Å²) in [4.78, 5) is 26.4. The van der Waals surface area contributed by atoms with E-state index in [0.29, 0.717) is 0 Å². The number of nitro groups is 1. The van der Waals surface area contributed by atoms with Crippen LogP contribution in [0.3, 0.4) is 0 Å². The normalized spacial score (nSPS) is 10.5. The smallest absolute Gasteiger partial charge is 0.356 e. The molecule has 3 aromatic rings. The lowest BCUT2D eigenvalue weighted by Crippen LogP contribution is -2.05. The average molecular weight is 354 g/mol. The number of hydrogen-bond acceptors (Lipinski definition) is 7. The monoisotopic (exact) mass is 354 g/mol. The number of nitro benzene ring substituents is 1. The predicted octanol–water partition coefficient (Wildman–Crippen LogP) is 3.21. The number of fused-ring (bicyclic) bond motifs is 1. The van der Waals surface area contributed by atoms with Crippen LogP contribution in [0, 0.1) is 10.1 Å². The van der Waals surface area contributed by atoms with Gasteiger partial charge in [-0.25, -0.2) is 9.78 Å². The van der Waals surface area contributed by atoms with Crippen molar-refractivity contribution >= 4 is 22.6 Å². The van der Waals surface area contributed by atoms with E-state index in [-0.39, 0.29) is 40.4 Å². The number of benzene rings is 2. The maximum absolute atomic E-state index is 11.6. The van der Waals surface area contributed by atoms with E-state index in [0.717, 1.165) is 18.7 Å². The zero-order valence-electron chi connectivity index (χ0n) is 13.7. The van der Waals surface area contributed by atoms with Gasteiger partial charge in [0.05, 0.1) is 23.5 Å². The summed E-state index contributed by atoms with van der Waals surface area (Å²) in [7, 11) is 1.15. The van der Waals surface area contributed by atoms with Crippen LogP contribution in [0.5, 0.6) is 11.5 Å². The van der Waals surface area contributed by atoms with Crippen LogP contribution in [-0.4, -0.2) is 28.1 Å². The lowest BCUT2D eigenvalue weighted by Gasteiger charge is -2.09. The van der Waals surface area contributed by atoms with Crippen LogP contribution >= 0.6 is 0 Å². The summed E-state index contributed by atoms with van der Waals surface area (Å²) < 4.78 is 10.2. The minimum atomic E-state index is -0.805. The van der Waals surface area contributed by atoms with Crippen LogP contribution in [0.4, 0.5) is 5.69 Å². The Hall–Kier alpha value is -3.68. The van der Waals surface area contributed by atoms with Crippen LogP contribution in [0.2, 0.25) is 0 Å². The first-order chi connectivity index (χ1) is 12.5. The Labute approximate surface area is 147 Å². The van der Waals surface area contributed by atoms with E-state index >= 15 is 0 Å². The number of methoxy groups -OCH3 is 1. The van der Waals surface area contributed by atoms with Crippen LogP contribution in [0.25, 0.3) is 10.9 Å². The molecule has 1 aromatic heterocycles. The van der Waals surface area contributed by atoms with E-state index in [1.165, 1.54) is 12.1 Å². The molecule has 0 fully saturated rings. The molecule has 0 unspecified atom stereocenters. The van der Waals surface area contributed by atoms with Crippen LogP contribution in [0.1, 0.15) is 16.1 Å². The molecule has 1 heterocycles. The van der Waals surface area contributed by atoms with E-state index in [9.17, 15) is 20.0 Å². The molecule has 26 heavy (non-hydrogen) atoms. The highest BCUT2D eigenvalue weighted by Gasteiger charge is 2.21. The highest BCUT2D eigenvalue weighted by Crippen LogP contribution is 2.35. The summed E-state index contributed by atoms with van der Waals surface area (Å²) >= 11 is 0. The van der Waals surface area contributed by atoms with Gasteiger partial charge in [0.1, 0.15) is 18.1 Å². The largest absolute Gasteiger partial charge is 0.507 e. The average Bonchev–Trinajstić information content (AvgIpc) is 2.66. The third-order valence-corrected chi connectivity index (χ3v) is 3.68. The summed E-state index contributed by atoms with van der Waals surface area (Å²) in [5, 5.41) is 21.7. The van der Waals surface area contributed by atoms with Crippen molar-refractivity contribution in [3.05, 3.63) is 69.9 Å². The Bertz CT molecular complexity index is 988. The molecule has 0 spiro atoms. The van der Waals surface area contributed by atoms with Gasteiger partial charge in [-0.3, -0.25) is 10.1 Å². The van der Waals surface area contributed by atoms with Gasteiger partial charge in [0.15, 0.2) is 11.2 Å². The quantitative estimate of drug-likeness (QED) is 0.425. The maximum atomic E-state index is 11.6. The van der Waals surface area contributed by atoms with E-state index in [4.69, 9.17) is 4.74 Å². The van der Waals surface area contributed by atoms with E-state index in [2.05, 4.69) is 9.72 Å². The Balaban J connectivity index is 2.05. The summed E-state index contributed by atoms with van der Waals surface area (Å²) in [5.74, 6) is -0.930. The fourth-order valence-electron chi connectivity index (χ4n) is 2.44. The number of carbonyl (C=O) groups is 1. The van der Waals surface area contributed by atoms with Gasteiger partial charge in [0.2, 0.25) is 0 Å². The van der Waals surface area contributed by atoms with Gasteiger partial charge in [-0.1, -0.05) is 30.3 Å². The van der Waals surface area contributed by atoms with E-state index in [1.807, 2.05) is 30.3 Å². The van der Waals surface area contributed by atoms with Crippen molar-refractivity contribution < 1.29 is 24.3 Å². The maximum Gasteiger partial charge on any atom is 0.356 e. The summed E-state index contributed by atoms with van der Waals surface area (Å²) in [6.07, 6.45) is 0. The van der Waals surface area contributed by atoms with Gasteiger partial charge in [0.25, 0.3) is 5.69 Å². The Morgan fingerprint density at radius 2 is 1.96 bits per heavy atom. The number of aromatic nitrogens is 1. The number of esters is 1. The zero-order chi connectivity index (χ0) is 18.7. The molecule has 8 nitrogen and oxygen atoms in total. The van der Waals surface area contributed by atoms with Crippen molar-refractivity contribution in [2.75, 3.05) is 7.11 Å². The molecule has 3 rings (SSSR count). The number of non-ortho nitro benzene ring substituents is 1. The number of ether oxygens (including phenoxy) is 2. The third-order valence-electron chi connectivity index (χ3n) is 3.68. The van der Waals surface area contributed by atoms with Crippen LogP contribution in [-0.2, 0) is 11.3 Å². The van der Waals surface area contributed by atoms with Crippen molar-refractivity contribution in [2.24, 2.45) is 0 Å². The Kier molecular flexibility index (Phi) is 4.66. The second-order valence-electron chi connectivity index (χ2n) is 5.39. The van der Waals surface area contributed by atoms with E-state index in [1.54, 1.807) is 0 Å². The van der Waals surface area contributed by atoms with Gasteiger partial charge in [0, 0.05) is 6.07 Å². The first-order valence-electron chi connectivity index (χ1n) is 7.57. The van der Waals surface area contributed by atoms with Crippen molar-refractivity contribution in [1.29, 1.82) is 0 Å². The van der Waals surface area contributed by atoms with Gasteiger partial charge < -0.3 is 14.6 Å². The number of carbonyl (C=O) groups excluding carboxylic acids is 1. The van der Waals surface area contributed by atoms with Crippen molar-refractivity contribution in [3.63, 3.8) is 0 Å². The topological polar surface area (TPSA) is 112 Å². The van der Waals surface area contributed by atoms with Gasteiger partial charge in [-0.15, -0.1) is 0 Å². The van der Waals surface area contributed by atoms with Crippen molar-refractivity contribution in [3.8, 4) is 11.5 Å². The number of pyridine rings is 1. The first-order valence-corrected chi connectivity index (χ1v) is 7.57. The SMILES string of the molecule is COC(=O)c1cc(O)c2cc(OCc3ccccc3)cc([N+](=O)[O-])c2n1. The molecular weight excluding hydrogens is 340 g/mol. The molecule has 0 radical (unpaired) electrons. The number of rotatable bonds is 5. The fourth-order valence-corrected chi connectivity index (χ4v) is 2.44. The van der Waals surface area contributed by atoms with Gasteiger partial charge >= 0.3 is 5.97 Å². The van der Waals surface area contributed by atoms with Crippen molar-refractivity contribution in [2.45, 2.75) is 6.61 Å². The molecule has 0 amide bonds. The lowest BCUT2D eigenvalue weighted by atomic mass is 10.1. The lowest BCUT2D eigenvalue weighted by molar-refractivity contribution is -0.383. The van der Waals surface area contributed by atoms with Crippen LogP contribution < -0.4 is 4.74 Å². The zero-order valence-corrected chi connectivity index (χ0v) is 13.7. The minimum absolute atomic E-state index is 0.106. The number of hydrogen-bond donors (Lipinski definition) is 1. The first kappa shape index (κ1) is 17.2. The highest BCUT2D eigenvalue weighted by atomic mass is 16.6. The molecule has 8 heteroatoms. The standard InChI is InChI=1S/C18H14N2O6/c1-25-18(22)14-9-16(21)13-7-12(8-15(20(23)24)17(13)19-14)26-10-11-5-3-2-4-6-11/h2-9H,10H2,1H3,(H,19,21). The van der Waals surface area contributed by atoms with Gasteiger partial charge in [-0.2, -0.15) is 0 Å². The molecule has 0 aliphatic carbocycles. The molecule has 2 aromatic carbocycles. The van der Waals surface area contributed by atoms with Crippen molar-refractivity contribution in [1.82, 2.24) is 4.98 Å². The molecule has 0 saturated heterocycles. The van der Waals surface area contributed by atoms with Gasteiger partial charge in [-0.05, 0) is 11.6 Å². The summed E-state index contributed by atoms with van der Waals surface area (Å²) in [6.45, 7) is 0.206. The highest BCUT2D eigenvalue weighted by molar-refractivity contribution is 5.98. The molecule has 132 valence electrons. The Morgan fingerprint density at radius 3 is 2.62 bits per heavy atom. The third kappa shape index (κ3) is 3.39. The molecule has 0 bridgehead atoms. The second kappa shape index (κ2) is 7.06. The molecule has 0 aliphatic heterocycles. The molecular formula is C18H14N2O6. The van der Waals surface area contributed by atoms with Crippen LogP contribution in [0.15, 0.2) is 48.5 Å². The molecule has 0 atom stereocenters.